The van der Waals surface area contributed by atoms with Crippen LogP contribution < -0.4 is 15.9 Å². The Kier molecular flexibility index (Phi) is 5.15. The van der Waals surface area contributed by atoms with Gasteiger partial charge < -0.3 is 15.6 Å². The van der Waals surface area contributed by atoms with Crippen molar-refractivity contribution in [3.63, 3.8) is 0 Å². The highest BCUT2D eigenvalue weighted by atomic mass is 16.5. The molecule has 7 nitrogen and oxygen atoms in total. The van der Waals surface area contributed by atoms with Crippen LogP contribution in [0.25, 0.3) is 0 Å². The van der Waals surface area contributed by atoms with Gasteiger partial charge in [-0.25, -0.2) is 0 Å². The molecule has 1 aromatic rings. The van der Waals surface area contributed by atoms with Gasteiger partial charge in [-0.3, -0.25) is 10.8 Å². The molecule has 0 aliphatic heterocycles. The summed E-state index contributed by atoms with van der Waals surface area (Å²) in [5.41, 5.74) is 8.05. The Morgan fingerprint density at radius 2 is 2.28 bits per heavy atom. The summed E-state index contributed by atoms with van der Waals surface area (Å²) in [7, 11) is 0. The first-order valence-electron chi connectivity index (χ1n) is 5.10. The van der Waals surface area contributed by atoms with Crippen LogP contribution in [0.2, 0.25) is 0 Å². The molecule has 18 heavy (non-hydrogen) atoms. The monoisotopic (exact) mass is 247 g/mol. The van der Waals surface area contributed by atoms with E-state index < -0.39 is 5.84 Å². The maximum atomic E-state index is 8.69. The SMILES string of the molecule is N#C/C(=N\Nc1ccccc1OCCO)C(=N)N. The van der Waals surface area contributed by atoms with Crippen LogP contribution in [0.3, 0.4) is 0 Å². The molecule has 7 heteroatoms. The molecule has 0 bridgehead atoms. The summed E-state index contributed by atoms with van der Waals surface area (Å²) < 4.78 is 5.26. The van der Waals surface area contributed by atoms with Crippen LogP contribution in [-0.2, 0) is 0 Å². The molecular weight excluding hydrogens is 234 g/mol. The van der Waals surface area contributed by atoms with Crippen molar-refractivity contribution in [2.75, 3.05) is 18.6 Å². The van der Waals surface area contributed by atoms with Gasteiger partial charge in [0.2, 0.25) is 5.71 Å². The van der Waals surface area contributed by atoms with E-state index in [1.54, 1.807) is 30.3 Å². The van der Waals surface area contributed by atoms with Crippen molar-refractivity contribution in [1.82, 2.24) is 0 Å². The predicted molar refractivity (Wildman–Crippen MR) is 67.6 cm³/mol. The van der Waals surface area contributed by atoms with Gasteiger partial charge in [-0.15, -0.1) is 0 Å². The van der Waals surface area contributed by atoms with E-state index in [2.05, 4.69) is 10.5 Å². The smallest absolute Gasteiger partial charge is 0.201 e. The van der Waals surface area contributed by atoms with Crippen molar-refractivity contribution in [2.24, 2.45) is 10.8 Å². The fourth-order valence-corrected chi connectivity index (χ4v) is 1.10. The third-order valence-corrected chi connectivity index (χ3v) is 1.89. The number of nitriles is 1. The van der Waals surface area contributed by atoms with Gasteiger partial charge >= 0.3 is 0 Å². The third kappa shape index (κ3) is 3.77. The van der Waals surface area contributed by atoms with Crippen molar-refractivity contribution in [2.45, 2.75) is 0 Å². The van der Waals surface area contributed by atoms with Crippen LogP contribution >= 0.6 is 0 Å². The molecule has 1 aromatic carbocycles. The first kappa shape index (κ1) is 13.5. The lowest BCUT2D eigenvalue weighted by molar-refractivity contribution is 0.202. The number of aliphatic hydroxyl groups excluding tert-OH is 1. The van der Waals surface area contributed by atoms with Gasteiger partial charge in [0.25, 0.3) is 0 Å². The highest BCUT2D eigenvalue weighted by Crippen LogP contribution is 2.23. The Morgan fingerprint density at radius 3 is 2.89 bits per heavy atom. The van der Waals surface area contributed by atoms with Gasteiger partial charge in [-0.05, 0) is 12.1 Å². The quantitative estimate of drug-likeness (QED) is 0.326. The topological polar surface area (TPSA) is 128 Å². The molecule has 94 valence electrons. The molecule has 0 saturated carbocycles. The normalized spacial score (nSPS) is 10.6. The van der Waals surface area contributed by atoms with Gasteiger partial charge in [0.05, 0.1) is 12.3 Å². The van der Waals surface area contributed by atoms with E-state index in [4.69, 9.17) is 26.2 Å². The summed E-state index contributed by atoms with van der Waals surface area (Å²) in [5, 5.41) is 28.2. The molecule has 0 aliphatic rings. The number of nitrogens with one attached hydrogen (secondary N) is 2. The van der Waals surface area contributed by atoms with E-state index in [-0.39, 0.29) is 18.9 Å². The second-order valence-corrected chi connectivity index (χ2v) is 3.17. The summed E-state index contributed by atoms with van der Waals surface area (Å²) in [6.45, 7) is 0.0503. The third-order valence-electron chi connectivity index (χ3n) is 1.89. The summed E-state index contributed by atoms with van der Waals surface area (Å²) >= 11 is 0. The van der Waals surface area contributed by atoms with Crippen LogP contribution in [0.15, 0.2) is 29.4 Å². The molecule has 0 spiro atoms. The van der Waals surface area contributed by atoms with E-state index in [9.17, 15) is 0 Å². The zero-order chi connectivity index (χ0) is 13.4. The Morgan fingerprint density at radius 1 is 1.56 bits per heavy atom. The molecule has 1 rings (SSSR count). The number of nitrogens with zero attached hydrogens (tertiary/aromatic N) is 2. The molecule has 0 unspecified atom stereocenters. The van der Waals surface area contributed by atoms with Crippen LogP contribution in [0.4, 0.5) is 5.69 Å². The van der Waals surface area contributed by atoms with E-state index >= 15 is 0 Å². The minimum absolute atomic E-state index is 0.103. The standard InChI is InChI=1S/C11H13N5O2/c12-7-9(11(13)14)16-15-8-3-1-2-4-10(8)18-6-5-17/h1-4,15,17H,5-6H2,(H3,13,14)/b16-9+. The molecule has 5 N–H and O–H groups in total. The number of aliphatic hydroxyl groups is 1. The van der Waals surface area contributed by atoms with E-state index in [1.807, 2.05) is 0 Å². The summed E-state index contributed by atoms with van der Waals surface area (Å²) in [6.07, 6.45) is 0. The number of rotatable bonds is 6. The van der Waals surface area contributed by atoms with Crippen molar-refractivity contribution in [3.05, 3.63) is 24.3 Å². The lowest BCUT2D eigenvalue weighted by atomic mass is 10.3. The van der Waals surface area contributed by atoms with Crippen molar-refractivity contribution >= 4 is 17.2 Å². The lowest BCUT2D eigenvalue weighted by Crippen LogP contribution is -2.21. The number of hydrogen-bond acceptors (Lipinski definition) is 6. The Balaban J connectivity index is 2.84. The van der Waals surface area contributed by atoms with Gasteiger partial charge in [0.1, 0.15) is 18.4 Å². The summed E-state index contributed by atoms with van der Waals surface area (Å²) in [6, 6.07) is 8.58. The number of amidine groups is 1. The Hall–Kier alpha value is -2.59. The van der Waals surface area contributed by atoms with E-state index in [1.165, 1.54) is 0 Å². The summed E-state index contributed by atoms with van der Waals surface area (Å²) in [4.78, 5) is 0. The minimum atomic E-state index is -0.418. The van der Waals surface area contributed by atoms with Crippen molar-refractivity contribution in [3.8, 4) is 11.8 Å². The highest BCUT2D eigenvalue weighted by molar-refractivity contribution is 6.45. The van der Waals surface area contributed by atoms with Crippen molar-refractivity contribution < 1.29 is 9.84 Å². The fraction of sp³-hybridized carbons (Fsp3) is 0.182. The van der Waals surface area contributed by atoms with Gasteiger partial charge in [0, 0.05) is 0 Å². The molecule has 0 saturated heterocycles. The molecule has 0 atom stereocenters. The number of hydrogen-bond donors (Lipinski definition) is 4. The van der Waals surface area contributed by atoms with Gasteiger partial charge in [0.15, 0.2) is 5.84 Å². The Bertz CT molecular complexity index is 492. The fourth-order valence-electron chi connectivity index (χ4n) is 1.10. The maximum Gasteiger partial charge on any atom is 0.201 e. The minimum Gasteiger partial charge on any atom is -0.489 e. The molecule has 0 heterocycles. The van der Waals surface area contributed by atoms with Gasteiger partial charge in [-0.1, -0.05) is 12.1 Å². The molecule has 0 fully saturated rings. The lowest BCUT2D eigenvalue weighted by Gasteiger charge is -2.09. The molecule has 0 amide bonds. The van der Waals surface area contributed by atoms with Crippen LogP contribution in [0, 0.1) is 16.7 Å². The number of anilines is 1. The zero-order valence-corrected chi connectivity index (χ0v) is 9.55. The zero-order valence-electron chi connectivity index (χ0n) is 9.55. The molecule has 0 aromatic heterocycles. The van der Waals surface area contributed by atoms with Crippen LogP contribution in [-0.4, -0.2) is 29.9 Å². The highest BCUT2D eigenvalue weighted by Gasteiger charge is 2.04. The number of ether oxygens (including phenoxy) is 1. The maximum absolute atomic E-state index is 8.69. The van der Waals surface area contributed by atoms with Crippen LogP contribution in [0.5, 0.6) is 5.75 Å². The number of benzene rings is 1. The van der Waals surface area contributed by atoms with E-state index in [0.29, 0.717) is 11.4 Å². The number of hydrazone groups is 1. The van der Waals surface area contributed by atoms with Gasteiger partial charge in [-0.2, -0.15) is 10.4 Å². The molecular formula is C11H13N5O2. The molecule has 0 aliphatic carbocycles. The average Bonchev–Trinajstić information content (AvgIpc) is 2.38. The molecule has 0 radical (unpaired) electrons. The first-order valence-corrected chi connectivity index (χ1v) is 5.10. The van der Waals surface area contributed by atoms with Crippen LogP contribution in [0.1, 0.15) is 0 Å². The predicted octanol–water partition coefficient (Wildman–Crippen LogP) is 0.285. The van der Waals surface area contributed by atoms with E-state index in [0.717, 1.165) is 0 Å². The number of para-hydroxylation sites is 2. The largest absolute Gasteiger partial charge is 0.489 e. The second-order valence-electron chi connectivity index (χ2n) is 3.17. The number of nitrogens with two attached hydrogens (primary N) is 1. The average molecular weight is 247 g/mol. The summed E-state index contributed by atoms with van der Waals surface area (Å²) in [5.74, 6) is 0.0647. The van der Waals surface area contributed by atoms with Crippen molar-refractivity contribution in [1.29, 1.82) is 10.7 Å². The second kappa shape index (κ2) is 6.88. The first-order chi connectivity index (χ1) is 8.69. The Labute approximate surface area is 104 Å².